The highest BCUT2D eigenvalue weighted by atomic mass is 35.5. The van der Waals surface area contributed by atoms with Gasteiger partial charge in [-0.15, -0.1) is 0 Å². The number of carbonyl (C=O) groups is 1. The minimum absolute atomic E-state index is 0.0860. The first-order valence-corrected chi connectivity index (χ1v) is 12.3. The fourth-order valence-electron chi connectivity index (χ4n) is 3.82. The summed E-state index contributed by atoms with van der Waals surface area (Å²) in [6.45, 7) is 4.43. The van der Waals surface area contributed by atoms with Crippen molar-refractivity contribution in [3.63, 3.8) is 0 Å². The molecule has 0 aliphatic rings. The molecule has 0 spiro atoms. The molecular weight excluding hydrogens is 462 g/mol. The summed E-state index contributed by atoms with van der Waals surface area (Å²) in [5.41, 5.74) is 1.16. The standard InChI is InChI=1S/C24H22ClN3O4S/c1-3-27-20-14-19(26-23(29)16-9-8-10-17(25)13-16)22(15-21(20)28(4-2)24(27)30)33(31,32)18-11-6-5-7-12-18/h5-15H,3-4H2,1-2H3,(H,26,29). The molecule has 1 aromatic heterocycles. The van der Waals surface area contributed by atoms with Crippen LogP contribution in [0, 0.1) is 0 Å². The summed E-state index contributed by atoms with van der Waals surface area (Å²) in [6.07, 6.45) is 0. The molecule has 7 nitrogen and oxygen atoms in total. The summed E-state index contributed by atoms with van der Waals surface area (Å²) in [5.74, 6) is -0.512. The van der Waals surface area contributed by atoms with Crippen LogP contribution in [0.15, 0.2) is 81.3 Å². The molecule has 0 aliphatic heterocycles. The van der Waals surface area contributed by atoms with E-state index in [9.17, 15) is 18.0 Å². The number of amides is 1. The van der Waals surface area contributed by atoms with Gasteiger partial charge in [0.25, 0.3) is 5.91 Å². The predicted octanol–water partition coefficient (Wildman–Crippen LogP) is 4.58. The Morgan fingerprint density at radius 3 is 2.15 bits per heavy atom. The minimum atomic E-state index is -4.00. The Kier molecular flexibility index (Phi) is 6.14. The van der Waals surface area contributed by atoms with Crippen LogP contribution in [0.3, 0.4) is 0 Å². The van der Waals surface area contributed by atoms with Gasteiger partial charge in [0, 0.05) is 23.7 Å². The van der Waals surface area contributed by atoms with Crippen molar-refractivity contribution in [3.8, 4) is 0 Å². The number of aromatic nitrogens is 2. The lowest BCUT2D eigenvalue weighted by Crippen LogP contribution is -2.23. The zero-order valence-electron chi connectivity index (χ0n) is 18.1. The number of sulfone groups is 1. The number of rotatable bonds is 6. The Morgan fingerprint density at radius 1 is 0.909 bits per heavy atom. The number of aryl methyl sites for hydroxylation is 2. The molecule has 0 bridgehead atoms. The molecule has 4 rings (SSSR count). The van der Waals surface area contributed by atoms with Gasteiger partial charge in [-0.2, -0.15) is 0 Å². The number of nitrogens with one attached hydrogen (secondary N) is 1. The zero-order chi connectivity index (χ0) is 23.8. The molecule has 4 aromatic rings. The van der Waals surface area contributed by atoms with E-state index in [1.54, 1.807) is 47.0 Å². The van der Waals surface area contributed by atoms with Gasteiger partial charge in [-0.1, -0.05) is 35.9 Å². The van der Waals surface area contributed by atoms with Crippen LogP contribution in [0.5, 0.6) is 0 Å². The highest BCUT2D eigenvalue weighted by Gasteiger charge is 2.26. The fraction of sp³-hybridized carbons (Fsp3) is 0.167. The molecule has 0 radical (unpaired) electrons. The second-order valence-corrected chi connectivity index (χ2v) is 9.74. The molecule has 9 heteroatoms. The van der Waals surface area contributed by atoms with Gasteiger partial charge < -0.3 is 5.32 Å². The molecule has 0 fully saturated rings. The first-order valence-electron chi connectivity index (χ1n) is 10.4. The Labute approximate surface area is 196 Å². The van der Waals surface area contributed by atoms with Crippen molar-refractivity contribution in [2.24, 2.45) is 0 Å². The molecule has 33 heavy (non-hydrogen) atoms. The van der Waals surface area contributed by atoms with Crippen molar-refractivity contribution in [3.05, 3.63) is 87.8 Å². The maximum Gasteiger partial charge on any atom is 0.329 e. The van der Waals surface area contributed by atoms with Crippen LogP contribution in [-0.2, 0) is 22.9 Å². The van der Waals surface area contributed by atoms with Crippen molar-refractivity contribution >= 4 is 44.1 Å². The molecule has 0 saturated carbocycles. The number of carbonyl (C=O) groups excluding carboxylic acids is 1. The van der Waals surface area contributed by atoms with Crippen molar-refractivity contribution in [1.29, 1.82) is 0 Å². The van der Waals surface area contributed by atoms with Gasteiger partial charge in [-0.05, 0) is 56.3 Å². The summed E-state index contributed by atoms with van der Waals surface area (Å²) >= 11 is 6.01. The van der Waals surface area contributed by atoms with E-state index in [-0.39, 0.29) is 26.7 Å². The highest BCUT2D eigenvalue weighted by Crippen LogP contribution is 2.32. The molecule has 0 unspecified atom stereocenters. The number of nitrogens with zero attached hydrogens (tertiary/aromatic N) is 2. The van der Waals surface area contributed by atoms with E-state index in [1.807, 2.05) is 13.8 Å². The van der Waals surface area contributed by atoms with Gasteiger partial charge in [0.1, 0.15) is 0 Å². The minimum Gasteiger partial charge on any atom is -0.321 e. The third kappa shape index (κ3) is 4.07. The summed E-state index contributed by atoms with van der Waals surface area (Å²) in [5, 5.41) is 3.10. The lowest BCUT2D eigenvalue weighted by molar-refractivity contribution is 0.102. The Morgan fingerprint density at radius 2 is 1.55 bits per heavy atom. The van der Waals surface area contributed by atoms with E-state index in [0.29, 0.717) is 29.1 Å². The number of hydrogen-bond acceptors (Lipinski definition) is 4. The number of anilines is 1. The summed E-state index contributed by atoms with van der Waals surface area (Å²) < 4.78 is 30.2. The molecule has 0 atom stereocenters. The lowest BCUT2D eigenvalue weighted by atomic mass is 10.2. The smallest absolute Gasteiger partial charge is 0.321 e. The second-order valence-electron chi connectivity index (χ2n) is 7.39. The van der Waals surface area contributed by atoms with E-state index >= 15 is 0 Å². The average molecular weight is 484 g/mol. The molecule has 170 valence electrons. The van der Waals surface area contributed by atoms with Crippen LogP contribution in [-0.4, -0.2) is 23.5 Å². The lowest BCUT2D eigenvalue weighted by Gasteiger charge is -2.14. The monoisotopic (exact) mass is 483 g/mol. The zero-order valence-corrected chi connectivity index (χ0v) is 19.7. The molecular formula is C24H22ClN3O4S. The average Bonchev–Trinajstić information content (AvgIpc) is 3.08. The number of fused-ring (bicyclic) bond motifs is 1. The van der Waals surface area contributed by atoms with Gasteiger partial charge in [-0.3, -0.25) is 13.9 Å². The van der Waals surface area contributed by atoms with E-state index in [0.717, 1.165) is 0 Å². The Balaban J connectivity index is 1.98. The summed E-state index contributed by atoms with van der Waals surface area (Å²) in [4.78, 5) is 25.8. The predicted molar refractivity (Wildman–Crippen MR) is 129 cm³/mol. The largest absolute Gasteiger partial charge is 0.329 e. The molecule has 3 aromatic carbocycles. The first kappa shape index (κ1) is 22.8. The van der Waals surface area contributed by atoms with Crippen LogP contribution in [0.1, 0.15) is 24.2 Å². The number of imidazole rings is 1. The van der Waals surface area contributed by atoms with E-state index < -0.39 is 15.7 Å². The second kappa shape index (κ2) is 8.88. The van der Waals surface area contributed by atoms with Crippen LogP contribution >= 0.6 is 11.6 Å². The Hall–Kier alpha value is -3.36. The molecule has 1 N–H and O–H groups in total. The maximum absolute atomic E-state index is 13.6. The van der Waals surface area contributed by atoms with Crippen LogP contribution in [0.4, 0.5) is 5.69 Å². The van der Waals surface area contributed by atoms with E-state index in [4.69, 9.17) is 11.6 Å². The van der Waals surface area contributed by atoms with Gasteiger partial charge in [0.2, 0.25) is 9.84 Å². The van der Waals surface area contributed by atoms with E-state index in [2.05, 4.69) is 5.32 Å². The van der Waals surface area contributed by atoms with Crippen molar-refractivity contribution in [2.45, 2.75) is 36.7 Å². The van der Waals surface area contributed by atoms with Crippen LogP contribution < -0.4 is 11.0 Å². The third-order valence-corrected chi connectivity index (χ3v) is 7.48. The quantitative estimate of drug-likeness (QED) is 0.434. The topological polar surface area (TPSA) is 90.2 Å². The third-order valence-electron chi connectivity index (χ3n) is 5.43. The molecule has 0 aliphatic carbocycles. The van der Waals surface area contributed by atoms with Gasteiger partial charge in [0.05, 0.1) is 26.5 Å². The SMILES string of the molecule is CCn1c(=O)n(CC)c2cc(S(=O)(=O)c3ccccc3)c(NC(=O)c3cccc(Cl)c3)cc21. The maximum atomic E-state index is 13.6. The van der Waals surface area contributed by atoms with Crippen LogP contribution in [0.25, 0.3) is 11.0 Å². The molecule has 1 heterocycles. The van der Waals surface area contributed by atoms with Crippen molar-refractivity contribution in [2.75, 3.05) is 5.32 Å². The first-order chi connectivity index (χ1) is 15.8. The number of hydrogen-bond donors (Lipinski definition) is 1. The number of benzene rings is 3. The van der Waals surface area contributed by atoms with Crippen molar-refractivity contribution in [1.82, 2.24) is 9.13 Å². The normalized spacial score (nSPS) is 11.6. The van der Waals surface area contributed by atoms with Gasteiger partial charge in [0.15, 0.2) is 0 Å². The summed E-state index contributed by atoms with van der Waals surface area (Å²) in [6, 6.07) is 17.3. The highest BCUT2D eigenvalue weighted by molar-refractivity contribution is 7.91. The van der Waals surface area contributed by atoms with E-state index in [1.165, 1.54) is 28.8 Å². The molecule has 1 amide bonds. The van der Waals surface area contributed by atoms with Gasteiger partial charge >= 0.3 is 5.69 Å². The van der Waals surface area contributed by atoms with Gasteiger partial charge in [-0.25, -0.2) is 13.2 Å². The Bertz CT molecular complexity index is 1520. The van der Waals surface area contributed by atoms with Crippen LogP contribution in [0.2, 0.25) is 5.02 Å². The fourth-order valence-corrected chi connectivity index (χ4v) is 5.45. The number of halogens is 1. The summed E-state index contributed by atoms with van der Waals surface area (Å²) in [7, 11) is -4.00. The molecule has 0 saturated heterocycles. The van der Waals surface area contributed by atoms with Crippen molar-refractivity contribution < 1.29 is 13.2 Å².